The molecule has 0 fully saturated rings. The normalized spacial score (nSPS) is 9.00. The van der Waals surface area contributed by atoms with E-state index in [1.54, 1.807) is 13.0 Å². The number of aromatic nitrogens is 1. The number of hydrogen-bond acceptors (Lipinski definition) is 4. The van der Waals surface area contributed by atoms with Crippen molar-refractivity contribution in [1.29, 1.82) is 0 Å². The number of pyridine rings is 1. The number of nitrogens with zero attached hydrogens (tertiary/aromatic N) is 2. The first kappa shape index (κ1) is 10.5. The Morgan fingerprint density at radius 3 is 2.93 bits per heavy atom. The topological polar surface area (TPSA) is 56.0 Å². The van der Waals surface area contributed by atoms with Crippen molar-refractivity contribution in [2.75, 3.05) is 5.75 Å². The van der Waals surface area contributed by atoms with E-state index in [4.69, 9.17) is 0 Å². The first-order valence-electron chi connectivity index (χ1n) is 3.86. The Balaban J connectivity index is 3.06. The largest absolute Gasteiger partial charge is 0.290 e. The van der Waals surface area contributed by atoms with Gasteiger partial charge in [-0.1, -0.05) is 5.92 Å². The van der Waals surface area contributed by atoms with E-state index in [2.05, 4.69) is 29.5 Å². The van der Waals surface area contributed by atoms with Gasteiger partial charge in [-0.15, -0.1) is 0 Å². The minimum Gasteiger partial charge on any atom is -0.258 e. The van der Waals surface area contributed by atoms with Crippen molar-refractivity contribution in [2.24, 2.45) is 0 Å². The second kappa shape index (κ2) is 4.63. The summed E-state index contributed by atoms with van der Waals surface area (Å²) in [6.45, 7) is 1.66. The molecule has 0 aliphatic carbocycles. The molecular weight excluding hydrogens is 200 g/mol. The zero-order valence-electron chi connectivity index (χ0n) is 7.52. The SMILES string of the molecule is Cc1cc(C#CCS)ncc1[N+](=O)[O-]. The zero-order chi connectivity index (χ0) is 10.6. The number of nitro groups is 1. The molecule has 4 nitrogen and oxygen atoms in total. The van der Waals surface area contributed by atoms with E-state index in [9.17, 15) is 10.1 Å². The maximum absolute atomic E-state index is 10.5. The molecule has 0 saturated carbocycles. The van der Waals surface area contributed by atoms with Crippen LogP contribution in [0.2, 0.25) is 0 Å². The molecule has 0 aliphatic heterocycles. The van der Waals surface area contributed by atoms with Gasteiger partial charge in [-0.2, -0.15) is 12.6 Å². The summed E-state index contributed by atoms with van der Waals surface area (Å²) in [6.07, 6.45) is 1.22. The molecule has 0 saturated heterocycles. The lowest BCUT2D eigenvalue weighted by Gasteiger charge is -1.95. The Labute approximate surface area is 86.9 Å². The fourth-order valence-electron chi connectivity index (χ4n) is 0.938. The second-order valence-electron chi connectivity index (χ2n) is 2.57. The van der Waals surface area contributed by atoms with Crippen molar-refractivity contribution >= 4 is 18.3 Å². The minimum absolute atomic E-state index is 0.0152. The quantitative estimate of drug-likeness (QED) is 0.330. The van der Waals surface area contributed by atoms with Crippen LogP contribution in [-0.4, -0.2) is 15.7 Å². The van der Waals surface area contributed by atoms with E-state index in [1.807, 2.05) is 0 Å². The summed E-state index contributed by atoms with van der Waals surface area (Å²) < 4.78 is 0. The molecule has 1 heterocycles. The predicted octanol–water partition coefficient (Wildman–Crippen LogP) is 1.58. The Morgan fingerprint density at radius 1 is 1.71 bits per heavy atom. The van der Waals surface area contributed by atoms with Crippen LogP contribution in [0.25, 0.3) is 0 Å². The van der Waals surface area contributed by atoms with Crippen LogP contribution in [0.4, 0.5) is 5.69 Å². The fourth-order valence-corrected chi connectivity index (χ4v) is 1.02. The molecule has 1 aromatic heterocycles. The lowest BCUT2D eigenvalue weighted by molar-refractivity contribution is -0.385. The average Bonchev–Trinajstić information content (AvgIpc) is 2.14. The number of hydrogen-bond donors (Lipinski definition) is 1. The van der Waals surface area contributed by atoms with Gasteiger partial charge in [0.2, 0.25) is 0 Å². The lowest BCUT2D eigenvalue weighted by atomic mass is 10.2. The van der Waals surface area contributed by atoms with Crippen molar-refractivity contribution in [2.45, 2.75) is 6.92 Å². The van der Waals surface area contributed by atoms with E-state index < -0.39 is 4.92 Å². The molecule has 0 aromatic carbocycles. The van der Waals surface area contributed by atoms with Gasteiger partial charge in [0.15, 0.2) is 0 Å². The van der Waals surface area contributed by atoms with Crippen molar-refractivity contribution in [3.05, 3.63) is 33.6 Å². The Hall–Kier alpha value is -1.54. The van der Waals surface area contributed by atoms with Crippen LogP contribution in [0.5, 0.6) is 0 Å². The van der Waals surface area contributed by atoms with Crippen LogP contribution in [0.3, 0.4) is 0 Å². The predicted molar refractivity (Wildman–Crippen MR) is 56.4 cm³/mol. The molecule has 5 heteroatoms. The molecule has 0 unspecified atom stereocenters. The third-order valence-electron chi connectivity index (χ3n) is 1.58. The first-order valence-corrected chi connectivity index (χ1v) is 4.49. The van der Waals surface area contributed by atoms with E-state index in [0.717, 1.165) is 0 Å². The molecule has 1 rings (SSSR count). The molecular formula is C9H8N2O2S. The molecule has 0 amide bonds. The van der Waals surface area contributed by atoms with Crippen molar-refractivity contribution < 1.29 is 4.92 Å². The van der Waals surface area contributed by atoms with Crippen LogP contribution in [0.1, 0.15) is 11.3 Å². The molecule has 0 aliphatic rings. The third-order valence-corrected chi connectivity index (χ3v) is 1.73. The molecule has 1 aromatic rings. The van der Waals surface area contributed by atoms with Gasteiger partial charge >= 0.3 is 0 Å². The smallest absolute Gasteiger partial charge is 0.258 e. The number of thiol groups is 1. The first-order chi connectivity index (χ1) is 6.65. The standard InChI is InChI=1S/C9H8N2O2S/c1-7-5-8(3-2-4-14)10-6-9(7)11(12)13/h5-6,14H,4H2,1H3. The summed E-state index contributed by atoms with van der Waals surface area (Å²) in [4.78, 5) is 13.9. The van der Waals surface area contributed by atoms with Gasteiger partial charge in [-0.25, -0.2) is 4.98 Å². The summed E-state index contributed by atoms with van der Waals surface area (Å²) in [6, 6.07) is 1.59. The highest BCUT2D eigenvalue weighted by Crippen LogP contribution is 2.15. The minimum atomic E-state index is -0.460. The molecule has 0 bridgehead atoms. The van der Waals surface area contributed by atoms with Gasteiger partial charge in [-0.3, -0.25) is 10.1 Å². The molecule has 14 heavy (non-hydrogen) atoms. The highest BCUT2D eigenvalue weighted by Gasteiger charge is 2.10. The summed E-state index contributed by atoms with van der Waals surface area (Å²) >= 11 is 3.92. The molecule has 0 spiro atoms. The van der Waals surface area contributed by atoms with Crippen molar-refractivity contribution in [3.8, 4) is 11.8 Å². The van der Waals surface area contributed by atoms with Crippen LogP contribution in [0, 0.1) is 28.9 Å². The molecule has 0 radical (unpaired) electrons. The van der Waals surface area contributed by atoms with Crippen LogP contribution >= 0.6 is 12.6 Å². The summed E-state index contributed by atoms with van der Waals surface area (Å²) in [7, 11) is 0. The third kappa shape index (κ3) is 2.47. The van der Waals surface area contributed by atoms with Crippen LogP contribution in [-0.2, 0) is 0 Å². The molecule has 72 valence electrons. The summed E-state index contributed by atoms with van der Waals surface area (Å²) in [5.74, 6) is 5.91. The monoisotopic (exact) mass is 208 g/mol. The zero-order valence-corrected chi connectivity index (χ0v) is 8.41. The average molecular weight is 208 g/mol. The maximum Gasteiger partial charge on any atom is 0.290 e. The van der Waals surface area contributed by atoms with Crippen molar-refractivity contribution in [1.82, 2.24) is 4.98 Å². The number of rotatable bonds is 1. The summed E-state index contributed by atoms with van der Waals surface area (Å²) in [5, 5.41) is 10.5. The second-order valence-corrected chi connectivity index (χ2v) is 2.89. The lowest BCUT2D eigenvalue weighted by Crippen LogP contribution is -1.94. The van der Waals surface area contributed by atoms with Gasteiger partial charge in [0.1, 0.15) is 11.9 Å². The Kier molecular flexibility index (Phi) is 3.48. The van der Waals surface area contributed by atoms with Gasteiger partial charge < -0.3 is 0 Å². The van der Waals surface area contributed by atoms with E-state index in [-0.39, 0.29) is 5.69 Å². The van der Waals surface area contributed by atoms with Gasteiger partial charge in [0.05, 0.1) is 10.7 Å². The summed E-state index contributed by atoms with van der Waals surface area (Å²) in [5.41, 5.74) is 1.11. The Morgan fingerprint density at radius 2 is 2.43 bits per heavy atom. The van der Waals surface area contributed by atoms with E-state index >= 15 is 0 Å². The Bertz CT molecular complexity index is 421. The maximum atomic E-state index is 10.5. The van der Waals surface area contributed by atoms with Crippen LogP contribution in [0.15, 0.2) is 12.3 Å². The fraction of sp³-hybridized carbons (Fsp3) is 0.222. The van der Waals surface area contributed by atoms with E-state index in [1.165, 1.54) is 6.20 Å². The van der Waals surface area contributed by atoms with Gasteiger partial charge in [0.25, 0.3) is 5.69 Å². The van der Waals surface area contributed by atoms with Gasteiger partial charge in [0, 0.05) is 5.56 Å². The molecule has 0 N–H and O–H groups in total. The highest BCUT2D eigenvalue weighted by molar-refractivity contribution is 7.80. The number of aryl methyl sites for hydroxylation is 1. The van der Waals surface area contributed by atoms with Gasteiger partial charge in [-0.05, 0) is 18.9 Å². The molecule has 0 atom stereocenters. The van der Waals surface area contributed by atoms with Crippen LogP contribution < -0.4 is 0 Å². The van der Waals surface area contributed by atoms with Crippen molar-refractivity contribution in [3.63, 3.8) is 0 Å². The van der Waals surface area contributed by atoms with E-state index in [0.29, 0.717) is 17.0 Å². The highest BCUT2D eigenvalue weighted by atomic mass is 32.1.